The van der Waals surface area contributed by atoms with Crippen molar-refractivity contribution in [2.24, 2.45) is 11.8 Å². The fraction of sp³-hybridized carbons (Fsp3) is 0.857. The van der Waals surface area contributed by atoms with Crippen molar-refractivity contribution in [3.05, 3.63) is 0 Å². The van der Waals surface area contributed by atoms with Crippen LogP contribution in [-0.2, 0) is 4.79 Å². The van der Waals surface area contributed by atoms with Gasteiger partial charge in [-0.05, 0) is 12.8 Å². The molecule has 0 radical (unpaired) electrons. The van der Waals surface area contributed by atoms with E-state index in [1.54, 1.807) is 0 Å². The molecule has 0 N–H and O–H groups in total. The Balaban J connectivity index is 2.33. The minimum atomic E-state index is 0.266. The lowest BCUT2D eigenvalue weighted by atomic mass is 10.1. The first kappa shape index (κ1) is 5.80. The molecule has 0 saturated heterocycles. The molecule has 1 aliphatic rings. The Labute approximate surface area is 50.1 Å². The van der Waals surface area contributed by atoms with Gasteiger partial charge in [-0.1, -0.05) is 13.8 Å². The molecule has 46 valence electrons. The third kappa shape index (κ3) is 1.09. The summed E-state index contributed by atoms with van der Waals surface area (Å²) in [4.78, 5) is 10.9. The van der Waals surface area contributed by atoms with Gasteiger partial charge in [-0.15, -0.1) is 0 Å². The van der Waals surface area contributed by atoms with Crippen LogP contribution < -0.4 is 0 Å². The van der Waals surface area contributed by atoms with Gasteiger partial charge in [-0.25, -0.2) is 0 Å². The maximum atomic E-state index is 10.9. The molecule has 0 bridgehead atoms. The van der Waals surface area contributed by atoms with E-state index in [-0.39, 0.29) is 5.92 Å². The molecule has 1 nitrogen and oxygen atoms in total. The van der Waals surface area contributed by atoms with Crippen LogP contribution in [0.15, 0.2) is 0 Å². The number of carbonyl (C=O) groups excluding carboxylic acids is 1. The molecule has 0 aromatic carbocycles. The Morgan fingerprint density at radius 3 is 2.12 bits per heavy atom. The summed E-state index contributed by atoms with van der Waals surface area (Å²) in [6.45, 7) is 3.95. The van der Waals surface area contributed by atoms with E-state index in [2.05, 4.69) is 0 Å². The topological polar surface area (TPSA) is 17.1 Å². The van der Waals surface area contributed by atoms with Gasteiger partial charge in [0.05, 0.1) is 0 Å². The Hall–Kier alpha value is -0.330. The number of carbonyl (C=O) groups is 1. The second-order valence-corrected chi connectivity index (χ2v) is 2.83. The number of hydrogen-bond acceptors (Lipinski definition) is 1. The summed E-state index contributed by atoms with van der Waals surface area (Å²) < 4.78 is 0. The molecular formula is C7H12O. The minimum Gasteiger partial charge on any atom is -0.299 e. The highest BCUT2D eigenvalue weighted by molar-refractivity contribution is 5.84. The first-order valence-corrected chi connectivity index (χ1v) is 3.25. The smallest absolute Gasteiger partial charge is 0.138 e. The zero-order valence-electron chi connectivity index (χ0n) is 5.48. The molecule has 0 amide bonds. The first-order valence-electron chi connectivity index (χ1n) is 3.25. The van der Waals surface area contributed by atoms with Crippen LogP contribution in [0.1, 0.15) is 26.7 Å². The van der Waals surface area contributed by atoms with E-state index < -0.39 is 0 Å². The summed E-state index contributed by atoms with van der Waals surface area (Å²) in [5.74, 6) is 1.18. The maximum Gasteiger partial charge on any atom is 0.138 e. The van der Waals surface area contributed by atoms with Crippen LogP contribution in [0.2, 0.25) is 0 Å². The van der Waals surface area contributed by atoms with Crippen LogP contribution in [0.4, 0.5) is 0 Å². The molecular weight excluding hydrogens is 100 g/mol. The molecule has 8 heavy (non-hydrogen) atoms. The molecule has 0 aromatic heterocycles. The Morgan fingerprint density at radius 1 is 1.50 bits per heavy atom. The van der Waals surface area contributed by atoms with Crippen LogP contribution in [0.5, 0.6) is 0 Å². The molecule has 1 saturated carbocycles. The molecule has 0 spiro atoms. The van der Waals surface area contributed by atoms with Crippen LogP contribution >= 0.6 is 0 Å². The normalized spacial score (nSPS) is 19.4. The van der Waals surface area contributed by atoms with Crippen molar-refractivity contribution in [1.82, 2.24) is 0 Å². The molecule has 1 aliphatic carbocycles. The van der Waals surface area contributed by atoms with E-state index in [4.69, 9.17) is 0 Å². The molecule has 0 heterocycles. The van der Waals surface area contributed by atoms with E-state index in [1.807, 2.05) is 13.8 Å². The zero-order valence-corrected chi connectivity index (χ0v) is 5.48. The molecule has 1 rings (SSSR count). The first-order chi connectivity index (χ1) is 3.72. The molecule has 0 unspecified atom stereocenters. The highest BCUT2D eigenvalue weighted by Crippen LogP contribution is 2.31. The molecule has 0 aliphatic heterocycles. The van der Waals surface area contributed by atoms with Gasteiger partial charge in [0.1, 0.15) is 5.78 Å². The van der Waals surface area contributed by atoms with Crippen molar-refractivity contribution in [3.63, 3.8) is 0 Å². The number of Topliss-reactive ketones (excluding diaryl/α,β-unsaturated/α-hetero) is 1. The van der Waals surface area contributed by atoms with Crippen molar-refractivity contribution in [1.29, 1.82) is 0 Å². The third-order valence-corrected chi connectivity index (χ3v) is 1.55. The largest absolute Gasteiger partial charge is 0.299 e. The van der Waals surface area contributed by atoms with Gasteiger partial charge in [0, 0.05) is 11.8 Å². The lowest BCUT2D eigenvalue weighted by molar-refractivity contribution is -0.123. The van der Waals surface area contributed by atoms with Gasteiger partial charge < -0.3 is 0 Å². The maximum absolute atomic E-state index is 10.9. The van der Waals surface area contributed by atoms with Gasteiger partial charge in [-0.3, -0.25) is 4.79 Å². The zero-order chi connectivity index (χ0) is 6.15. The standard InChI is InChI=1S/C7H12O/c1-5(2)7(8)6-3-4-6/h5-6H,3-4H2,1-2H3. The van der Waals surface area contributed by atoms with Crippen molar-refractivity contribution in [3.8, 4) is 0 Å². The molecule has 1 heteroatoms. The predicted molar refractivity (Wildman–Crippen MR) is 32.6 cm³/mol. The summed E-state index contributed by atoms with van der Waals surface area (Å²) in [5.41, 5.74) is 0. The van der Waals surface area contributed by atoms with E-state index in [0.29, 0.717) is 11.7 Å². The van der Waals surface area contributed by atoms with Gasteiger partial charge in [0.2, 0.25) is 0 Å². The van der Waals surface area contributed by atoms with Crippen molar-refractivity contribution >= 4 is 5.78 Å². The van der Waals surface area contributed by atoms with Gasteiger partial charge in [-0.2, -0.15) is 0 Å². The fourth-order valence-corrected chi connectivity index (χ4v) is 0.839. The number of ketones is 1. The van der Waals surface area contributed by atoms with E-state index >= 15 is 0 Å². The van der Waals surface area contributed by atoms with E-state index in [9.17, 15) is 4.79 Å². The number of rotatable bonds is 2. The van der Waals surface area contributed by atoms with Gasteiger partial charge in [0.25, 0.3) is 0 Å². The quantitative estimate of drug-likeness (QED) is 0.530. The summed E-state index contributed by atoms with van der Waals surface area (Å²) >= 11 is 0. The fourth-order valence-electron chi connectivity index (χ4n) is 0.839. The summed E-state index contributed by atoms with van der Waals surface area (Å²) in [6.07, 6.45) is 2.30. The summed E-state index contributed by atoms with van der Waals surface area (Å²) in [5, 5.41) is 0. The number of hydrogen-bond donors (Lipinski definition) is 0. The predicted octanol–water partition coefficient (Wildman–Crippen LogP) is 1.62. The molecule has 0 aromatic rings. The molecule has 1 fully saturated rings. The Bertz CT molecular complexity index is 97.0. The average Bonchev–Trinajstić information content (AvgIpc) is 2.43. The van der Waals surface area contributed by atoms with Gasteiger partial charge in [0.15, 0.2) is 0 Å². The molecule has 0 atom stereocenters. The Morgan fingerprint density at radius 2 is 2.00 bits per heavy atom. The summed E-state index contributed by atoms with van der Waals surface area (Å²) in [6, 6.07) is 0. The van der Waals surface area contributed by atoms with Crippen molar-refractivity contribution < 1.29 is 4.79 Å². The van der Waals surface area contributed by atoms with Crippen LogP contribution in [0.25, 0.3) is 0 Å². The third-order valence-electron chi connectivity index (χ3n) is 1.55. The highest BCUT2D eigenvalue weighted by Gasteiger charge is 2.30. The highest BCUT2D eigenvalue weighted by atomic mass is 16.1. The van der Waals surface area contributed by atoms with E-state index in [1.165, 1.54) is 0 Å². The van der Waals surface area contributed by atoms with Gasteiger partial charge >= 0.3 is 0 Å². The average molecular weight is 112 g/mol. The minimum absolute atomic E-state index is 0.266. The van der Waals surface area contributed by atoms with E-state index in [0.717, 1.165) is 12.8 Å². The lowest BCUT2D eigenvalue weighted by Crippen LogP contribution is -2.08. The van der Waals surface area contributed by atoms with Crippen LogP contribution in [0, 0.1) is 11.8 Å². The Kier molecular flexibility index (Phi) is 1.37. The monoisotopic (exact) mass is 112 g/mol. The second-order valence-electron chi connectivity index (χ2n) is 2.83. The second kappa shape index (κ2) is 1.88. The van der Waals surface area contributed by atoms with Crippen molar-refractivity contribution in [2.45, 2.75) is 26.7 Å². The SMILES string of the molecule is CC(C)C(=O)C1CC1. The lowest BCUT2D eigenvalue weighted by Gasteiger charge is -1.98. The van der Waals surface area contributed by atoms with Crippen LogP contribution in [-0.4, -0.2) is 5.78 Å². The van der Waals surface area contributed by atoms with Crippen molar-refractivity contribution in [2.75, 3.05) is 0 Å². The van der Waals surface area contributed by atoms with Crippen LogP contribution in [0.3, 0.4) is 0 Å². The summed E-state index contributed by atoms with van der Waals surface area (Å²) in [7, 11) is 0.